The Hall–Kier alpha value is -3.15. The largest absolute Gasteiger partial charge is 0.338 e. The van der Waals surface area contributed by atoms with Gasteiger partial charge in [0, 0.05) is 49.1 Å². The van der Waals surface area contributed by atoms with Crippen LogP contribution in [0.25, 0.3) is 11.4 Å². The fraction of sp³-hybridized carbons (Fsp3) is 0.375. The quantitative estimate of drug-likeness (QED) is 0.673. The van der Waals surface area contributed by atoms with Crippen molar-refractivity contribution >= 4 is 5.91 Å². The molecule has 1 atom stereocenters. The summed E-state index contributed by atoms with van der Waals surface area (Å²) in [5, 5.41) is 0. The number of nitrogens with zero attached hydrogens (tertiary/aromatic N) is 5. The van der Waals surface area contributed by atoms with Gasteiger partial charge in [0.2, 0.25) is 0 Å². The van der Waals surface area contributed by atoms with Crippen LogP contribution >= 0.6 is 0 Å². The molecule has 0 radical (unpaired) electrons. The van der Waals surface area contributed by atoms with Crippen LogP contribution in [0.1, 0.15) is 53.6 Å². The Kier molecular flexibility index (Phi) is 4.77. The molecule has 30 heavy (non-hydrogen) atoms. The summed E-state index contributed by atoms with van der Waals surface area (Å²) in [6, 6.07) is 10.1. The van der Waals surface area contributed by atoms with Gasteiger partial charge < -0.3 is 4.90 Å². The molecule has 3 aromatic rings. The minimum absolute atomic E-state index is 0.0162. The lowest BCUT2D eigenvalue weighted by Gasteiger charge is -2.40. The number of carbonyl (C=O) groups excluding carboxylic acids is 1. The lowest BCUT2D eigenvalue weighted by Crippen LogP contribution is -2.48. The third kappa shape index (κ3) is 3.26. The summed E-state index contributed by atoms with van der Waals surface area (Å²) in [5.41, 5.74) is 3.86. The van der Waals surface area contributed by atoms with Crippen LogP contribution in [0.15, 0.2) is 48.9 Å². The summed E-state index contributed by atoms with van der Waals surface area (Å²) in [7, 11) is 0. The number of piperidine rings is 1. The molecule has 0 N–H and O–H groups in total. The summed E-state index contributed by atoms with van der Waals surface area (Å²) in [6.45, 7) is 3.47. The number of carbonyl (C=O) groups is 1. The van der Waals surface area contributed by atoms with Gasteiger partial charge in [-0.1, -0.05) is 37.3 Å². The summed E-state index contributed by atoms with van der Waals surface area (Å²) < 4.78 is 0. The Morgan fingerprint density at radius 3 is 2.63 bits per heavy atom. The van der Waals surface area contributed by atoms with Crippen molar-refractivity contribution in [2.45, 2.75) is 44.4 Å². The highest BCUT2D eigenvalue weighted by atomic mass is 16.2. The van der Waals surface area contributed by atoms with E-state index in [0.29, 0.717) is 12.1 Å². The van der Waals surface area contributed by atoms with Crippen LogP contribution in [-0.2, 0) is 18.3 Å². The fourth-order valence-corrected chi connectivity index (χ4v) is 4.80. The van der Waals surface area contributed by atoms with Gasteiger partial charge in [-0.05, 0) is 31.2 Å². The van der Waals surface area contributed by atoms with E-state index in [1.165, 1.54) is 5.56 Å². The number of hydrogen-bond acceptors (Lipinski definition) is 5. The average Bonchev–Trinajstić information content (AvgIpc) is 3.16. The van der Waals surface area contributed by atoms with Crippen LogP contribution in [0, 0.1) is 0 Å². The molecule has 6 nitrogen and oxygen atoms in total. The van der Waals surface area contributed by atoms with Crippen molar-refractivity contribution in [1.29, 1.82) is 0 Å². The zero-order valence-corrected chi connectivity index (χ0v) is 17.2. The molecule has 152 valence electrons. The number of rotatable bonds is 3. The Morgan fingerprint density at radius 2 is 1.87 bits per heavy atom. The number of hydrogen-bond donors (Lipinski definition) is 0. The first-order valence-corrected chi connectivity index (χ1v) is 10.7. The molecule has 1 saturated heterocycles. The summed E-state index contributed by atoms with van der Waals surface area (Å²) in [6.07, 6.45) is 10.1. The van der Waals surface area contributed by atoms with Gasteiger partial charge >= 0.3 is 0 Å². The van der Waals surface area contributed by atoms with E-state index in [9.17, 15) is 4.79 Å². The van der Waals surface area contributed by atoms with Crippen molar-refractivity contribution in [1.82, 2.24) is 24.8 Å². The highest BCUT2D eigenvalue weighted by Gasteiger charge is 2.45. The van der Waals surface area contributed by atoms with E-state index in [1.54, 1.807) is 12.4 Å². The molecule has 1 spiro atoms. The third-order valence-corrected chi connectivity index (χ3v) is 6.40. The normalized spacial score (nSPS) is 20.4. The SMILES string of the molecule is CCc1ncc(C(=O)N2CCCC3(CCc4cnc(-c5ccccc5)nc43)C2)cn1. The Morgan fingerprint density at radius 1 is 1.07 bits per heavy atom. The minimum atomic E-state index is -0.0834. The molecule has 2 aromatic heterocycles. The van der Waals surface area contributed by atoms with Crippen LogP contribution in [0.3, 0.4) is 0 Å². The van der Waals surface area contributed by atoms with Crippen molar-refractivity contribution in [3.63, 3.8) is 0 Å². The van der Waals surface area contributed by atoms with Gasteiger partial charge in [0.15, 0.2) is 5.82 Å². The first-order valence-electron chi connectivity index (χ1n) is 10.7. The lowest BCUT2D eigenvalue weighted by molar-refractivity contribution is 0.0632. The second-order valence-corrected chi connectivity index (χ2v) is 8.29. The van der Waals surface area contributed by atoms with Gasteiger partial charge in [0.05, 0.1) is 11.3 Å². The fourth-order valence-electron chi connectivity index (χ4n) is 4.80. The number of likely N-dealkylation sites (tertiary alicyclic amines) is 1. The summed E-state index contributed by atoms with van der Waals surface area (Å²) in [5.74, 6) is 1.54. The van der Waals surface area contributed by atoms with Gasteiger partial charge in [-0.25, -0.2) is 19.9 Å². The molecule has 1 unspecified atom stereocenters. The van der Waals surface area contributed by atoms with Gasteiger partial charge in [0.25, 0.3) is 5.91 Å². The highest BCUT2D eigenvalue weighted by molar-refractivity contribution is 5.93. The van der Waals surface area contributed by atoms with E-state index < -0.39 is 0 Å². The van der Waals surface area contributed by atoms with E-state index in [-0.39, 0.29) is 11.3 Å². The predicted molar refractivity (Wildman–Crippen MR) is 114 cm³/mol. The number of aromatic nitrogens is 4. The Labute approximate surface area is 176 Å². The van der Waals surface area contributed by atoms with Crippen LogP contribution < -0.4 is 0 Å². The molecule has 6 heteroatoms. The average molecular weight is 399 g/mol. The van der Waals surface area contributed by atoms with Crippen molar-refractivity contribution in [2.24, 2.45) is 0 Å². The standard InChI is InChI=1S/C24H25N5O/c1-2-20-25-14-19(15-26-20)23(30)29-12-6-10-24(16-29)11-9-18-13-27-22(28-21(18)24)17-7-4-3-5-8-17/h3-5,7-8,13-15H,2,6,9-12,16H2,1H3. The molecule has 1 fully saturated rings. The first kappa shape index (κ1) is 18.9. The molecule has 0 saturated carbocycles. The van der Waals surface area contributed by atoms with Crippen molar-refractivity contribution in [3.8, 4) is 11.4 Å². The number of aryl methyl sites for hydroxylation is 2. The molecule has 1 aliphatic carbocycles. The highest BCUT2D eigenvalue weighted by Crippen LogP contribution is 2.44. The number of benzene rings is 1. The van der Waals surface area contributed by atoms with Crippen LogP contribution in [-0.4, -0.2) is 43.8 Å². The molecular formula is C24H25N5O. The molecule has 3 heterocycles. The predicted octanol–water partition coefficient (Wildman–Crippen LogP) is 3.62. The van der Waals surface area contributed by atoms with E-state index in [4.69, 9.17) is 4.98 Å². The second-order valence-electron chi connectivity index (χ2n) is 8.29. The van der Waals surface area contributed by atoms with Gasteiger partial charge in [0.1, 0.15) is 5.82 Å². The lowest BCUT2D eigenvalue weighted by atomic mass is 9.77. The Bertz CT molecular complexity index is 1060. The summed E-state index contributed by atoms with van der Waals surface area (Å²) in [4.78, 5) is 33.4. The first-order chi connectivity index (χ1) is 14.7. The van der Waals surface area contributed by atoms with Gasteiger partial charge in [-0.3, -0.25) is 4.79 Å². The van der Waals surface area contributed by atoms with Crippen LogP contribution in [0.4, 0.5) is 0 Å². The molecule has 1 aromatic carbocycles. The maximum atomic E-state index is 13.2. The van der Waals surface area contributed by atoms with E-state index in [0.717, 1.165) is 61.6 Å². The number of amides is 1. The molecule has 0 bridgehead atoms. The molecular weight excluding hydrogens is 374 g/mol. The van der Waals surface area contributed by atoms with Crippen LogP contribution in [0.5, 0.6) is 0 Å². The maximum absolute atomic E-state index is 13.2. The van der Waals surface area contributed by atoms with Crippen molar-refractivity contribution in [3.05, 3.63) is 71.6 Å². The topological polar surface area (TPSA) is 71.9 Å². The molecule has 5 rings (SSSR count). The molecule has 1 aliphatic heterocycles. The third-order valence-electron chi connectivity index (χ3n) is 6.40. The molecule has 1 amide bonds. The van der Waals surface area contributed by atoms with Gasteiger partial charge in [-0.2, -0.15) is 0 Å². The van der Waals surface area contributed by atoms with Crippen molar-refractivity contribution < 1.29 is 4.79 Å². The van der Waals surface area contributed by atoms with E-state index >= 15 is 0 Å². The summed E-state index contributed by atoms with van der Waals surface area (Å²) >= 11 is 0. The Balaban J connectivity index is 1.44. The maximum Gasteiger partial charge on any atom is 0.257 e. The van der Waals surface area contributed by atoms with Crippen LogP contribution in [0.2, 0.25) is 0 Å². The minimum Gasteiger partial charge on any atom is -0.338 e. The zero-order chi connectivity index (χ0) is 20.6. The molecule has 2 aliphatic rings. The second kappa shape index (κ2) is 7.59. The monoisotopic (exact) mass is 399 g/mol. The van der Waals surface area contributed by atoms with Crippen molar-refractivity contribution in [2.75, 3.05) is 13.1 Å². The van der Waals surface area contributed by atoms with E-state index in [2.05, 4.69) is 15.0 Å². The smallest absolute Gasteiger partial charge is 0.257 e. The van der Waals surface area contributed by atoms with E-state index in [1.807, 2.05) is 48.4 Å². The number of fused-ring (bicyclic) bond motifs is 2. The zero-order valence-electron chi connectivity index (χ0n) is 17.2. The van der Waals surface area contributed by atoms with Gasteiger partial charge in [-0.15, -0.1) is 0 Å².